The molecule has 3 rings (SSSR count). The second-order valence-corrected chi connectivity index (χ2v) is 6.66. The van der Waals surface area contributed by atoms with Crippen molar-refractivity contribution in [1.82, 2.24) is 0 Å². The van der Waals surface area contributed by atoms with Gasteiger partial charge in [-0.25, -0.2) is 0 Å². The highest BCUT2D eigenvalue weighted by atomic mass is 35.5. The SMILES string of the molecule is CCOc1cccc(OCc2ccccc2)c1C(=O)Nc1ccc(Cl)c(C)c1. The lowest BCUT2D eigenvalue weighted by molar-refractivity contribution is 0.101. The van der Waals surface area contributed by atoms with E-state index in [9.17, 15) is 4.79 Å². The van der Waals surface area contributed by atoms with Crippen molar-refractivity contribution in [1.29, 1.82) is 0 Å². The lowest BCUT2D eigenvalue weighted by Gasteiger charge is -2.16. The molecule has 4 nitrogen and oxygen atoms in total. The number of amides is 1. The summed E-state index contributed by atoms with van der Waals surface area (Å²) in [5.74, 6) is 0.656. The van der Waals surface area contributed by atoms with Crippen LogP contribution >= 0.6 is 11.6 Å². The number of nitrogens with one attached hydrogen (secondary N) is 1. The van der Waals surface area contributed by atoms with Crippen molar-refractivity contribution in [2.45, 2.75) is 20.5 Å². The summed E-state index contributed by atoms with van der Waals surface area (Å²) in [5.41, 5.74) is 2.93. The van der Waals surface area contributed by atoms with Crippen molar-refractivity contribution in [2.75, 3.05) is 11.9 Å². The lowest BCUT2D eigenvalue weighted by atomic mass is 10.1. The number of ether oxygens (including phenoxy) is 2. The van der Waals surface area contributed by atoms with Crippen molar-refractivity contribution < 1.29 is 14.3 Å². The van der Waals surface area contributed by atoms with Crippen molar-refractivity contribution in [3.05, 3.63) is 88.4 Å². The van der Waals surface area contributed by atoms with Gasteiger partial charge >= 0.3 is 0 Å². The predicted octanol–water partition coefficient (Wildman–Crippen LogP) is 5.88. The first-order chi connectivity index (χ1) is 13.6. The second-order valence-electron chi connectivity index (χ2n) is 6.25. The zero-order chi connectivity index (χ0) is 19.9. The van der Waals surface area contributed by atoms with Crippen molar-refractivity contribution in [3.8, 4) is 11.5 Å². The Morgan fingerprint density at radius 3 is 2.36 bits per heavy atom. The van der Waals surface area contributed by atoms with Crippen molar-refractivity contribution in [2.24, 2.45) is 0 Å². The van der Waals surface area contributed by atoms with Crippen LogP contribution in [-0.4, -0.2) is 12.5 Å². The van der Waals surface area contributed by atoms with E-state index in [2.05, 4.69) is 5.32 Å². The number of anilines is 1. The molecule has 3 aromatic rings. The molecule has 0 saturated heterocycles. The molecule has 1 N–H and O–H groups in total. The topological polar surface area (TPSA) is 47.6 Å². The molecule has 0 spiro atoms. The Balaban J connectivity index is 1.87. The Bertz CT molecular complexity index is 957. The maximum absolute atomic E-state index is 13.0. The average molecular weight is 396 g/mol. The third kappa shape index (κ3) is 4.84. The Hall–Kier alpha value is -2.98. The van der Waals surface area contributed by atoms with E-state index in [1.165, 1.54) is 0 Å². The first kappa shape index (κ1) is 19.8. The second kappa shape index (κ2) is 9.29. The molecular weight excluding hydrogens is 374 g/mol. The van der Waals surface area contributed by atoms with Gasteiger partial charge in [0.2, 0.25) is 0 Å². The fraction of sp³-hybridized carbons (Fsp3) is 0.174. The van der Waals surface area contributed by atoms with Crippen LogP contribution in [0.4, 0.5) is 5.69 Å². The maximum atomic E-state index is 13.0. The normalized spacial score (nSPS) is 10.4. The number of hydrogen-bond donors (Lipinski definition) is 1. The molecule has 28 heavy (non-hydrogen) atoms. The van der Waals surface area contributed by atoms with Gasteiger partial charge in [0.1, 0.15) is 23.7 Å². The van der Waals surface area contributed by atoms with Crippen molar-refractivity contribution in [3.63, 3.8) is 0 Å². The first-order valence-electron chi connectivity index (χ1n) is 9.08. The van der Waals surface area contributed by atoms with E-state index in [4.69, 9.17) is 21.1 Å². The van der Waals surface area contributed by atoms with E-state index in [0.29, 0.717) is 41.0 Å². The van der Waals surface area contributed by atoms with E-state index in [1.807, 2.05) is 56.3 Å². The number of carbonyl (C=O) groups excluding carboxylic acids is 1. The van der Waals surface area contributed by atoms with Gasteiger partial charge < -0.3 is 14.8 Å². The number of halogens is 1. The highest BCUT2D eigenvalue weighted by Gasteiger charge is 2.19. The lowest BCUT2D eigenvalue weighted by Crippen LogP contribution is -2.15. The van der Waals surface area contributed by atoms with Crippen LogP contribution in [0.1, 0.15) is 28.4 Å². The predicted molar refractivity (Wildman–Crippen MR) is 113 cm³/mol. The molecule has 144 valence electrons. The minimum Gasteiger partial charge on any atom is -0.493 e. The highest BCUT2D eigenvalue weighted by molar-refractivity contribution is 6.31. The van der Waals surface area contributed by atoms with Crippen LogP contribution in [0.25, 0.3) is 0 Å². The number of carbonyl (C=O) groups is 1. The number of hydrogen-bond acceptors (Lipinski definition) is 3. The quantitative estimate of drug-likeness (QED) is 0.543. The highest BCUT2D eigenvalue weighted by Crippen LogP contribution is 2.31. The fourth-order valence-corrected chi connectivity index (χ4v) is 2.90. The van der Waals surface area contributed by atoms with Crippen LogP contribution in [0.5, 0.6) is 11.5 Å². The smallest absolute Gasteiger partial charge is 0.263 e. The van der Waals surface area contributed by atoms with Crippen LogP contribution in [0.3, 0.4) is 0 Å². The molecular formula is C23H22ClNO3. The molecule has 0 fully saturated rings. The van der Waals surface area contributed by atoms with Gasteiger partial charge in [-0.1, -0.05) is 48.0 Å². The Morgan fingerprint density at radius 2 is 1.68 bits per heavy atom. The molecule has 0 heterocycles. The number of rotatable bonds is 7. The average Bonchev–Trinajstić information content (AvgIpc) is 2.70. The summed E-state index contributed by atoms with van der Waals surface area (Å²) in [7, 11) is 0. The van der Waals surface area contributed by atoms with Crippen LogP contribution in [0.2, 0.25) is 5.02 Å². The fourth-order valence-electron chi connectivity index (χ4n) is 2.78. The number of aryl methyl sites for hydroxylation is 1. The summed E-state index contributed by atoms with van der Waals surface area (Å²) in [4.78, 5) is 13.0. The Kier molecular flexibility index (Phi) is 6.56. The molecule has 0 radical (unpaired) electrons. The maximum Gasteiger partial charge on any atom is 0.263 e. The molecule has 0 aliphatic rings. The van der Waals surface area contributed by atoms with E-state index in [-0.39, 0.29) is 5.91 Å². The summed E-state index contributed by atoms with van der Waals surface area (Å²) >= 11 is 6.07. The van der Waals surface area contributed by atoms with Crippen molar-refractivity contribution >= 4 is 23.2 Å². The third-order valence-corrected chi connectivity index (χ3v) is 4.59. The summed E-state index contributed by atoms with van der Waals surface area (Å²) in [5, 5.41) is 3.56. The van der Waals surface area contributed by atoms with Gasteiger partial charge in [0.05, 0.1) is 6.61 Å². The Labute approximate surface area is 170 Å². The van der Waals surface area contributed by atoms with E-state index >= 15 is 0 Å². The molecule has 0 aliphatic heterocycles. The summed E-state index contributed by atoms with van der Waals surface area (Å²) in [6, 6.07) is 20.5. The van der Waals surface area contributed by atoms with E-state index < -0.39 is 0 Å². The number of benzene rings is 3. The summed E-state index contributed by atoms with van der Waals surface area (Å²) < 4.78 is 11.6. The third-order valence-electron chi connectivity index (χ3n) is 4.17. The molecule has 1 amide bonds. The monoisotopic (exact) mass is 395 g/mol. The van der Waals surface area contributed by atoms with Gasteiger partial charge in [0, 0.05) is 10.7 Å². The standard InChI is InChI=1S/C23H22ClNO3/c1-3-27-20-10-7-11-21(28-15-17-8-5-4-6-9-17)22(20)23(26)25-18-12-13-19(24)16(2)14-18/h4-14H,3,15H2,1-2H3,(H,25,26). The molecule has 0 bridgehead atoms. The minimum absolute atomic E-state index is 0.297. The molecule has 0 aliphatic carbocycles. The summed E-state index contributed by atoms with van der Waals surface area (Å²) in [6.07, 6.45) is 0. The first-order valence-corrected chi connectivity index (χ1v) is 9.46. The van der Waals surface area contributed by atoms with Gasteiger partial charge in [-0.15, -0.1) is 0 Å². The largest absolute Gasteiger partial charge is 0.493 e. The molecule has 0 unspecified atom stereocenters. The van der Waals surface area contributed by atoms with Crippen LogP contribution in [-0.2, 0) is 6.61 Å². The van der Waals surface area contributed by atoms with Crippen LogP contribution < -0.4 is 14.8 Å². The molecule has 0 aromatic heterocycles. The Morgan fingerprint density at radius 1 is 0.964 bits per heavy atom. The molecule has 0 atom stereocenters. The molecule has 3 aromatic carbocycles. The van der Waals surface area contributed by atoms with E-state index in [1.54, 1.807) is 24.3 Å². The molecule has 0 saturated carbocycles. The molecule has 5 heteroatoms. The van der Waals surface area contributed by atoms with Crippen LogP contribution in [0.15, 0.2) is 66.7 Å². The van der Waals surface area contributed by atoms with Gasteiger partial charge in [0.25, 0.3) is 5.91 Å². The van der Waals surface area contributed by atoms with Gasteiger partial charge in [-0.2, -0.15) is 0 Å². The zero-order valence-corrected chi connectivity index (χ0v) is 16.6. The van der Waals surface area contributed by atoms with Gasteiger partial charge in [-0.3, -0.25) is 4.79 Å². The van der Waals surface area contributed by atoms with Gasteiger partial charge in [-0.05, 0) is 55.3 Å². The van der Waals surface area contributed by atoms with E-state index in [0.717, 1.165) is 11.1 Å². The van der Waals surface area contributed by atoms with Gasteiger partial charge in [0.15, 0.2) is 0 Å². The zero-order valence-electron chi connectivity index (χ0n) is 15.9. The summed E-state index contributed by atoms with van der Waals surface area (Å²) in [6.45, 7) is 4.57. The van der Waals surface area contributed by atoms with Crippen LogP contribution in [0, 0.1) is 6.92 Å². The minimum atomic E-state index is -0.297.